The largest absolute Gasteiger partial charge is 0.507 e. The molecule has 384 valence electrons. The number of ether oxygens (including phenoxy) is 1. The van der Waals surface area contributed by atoms with E-state index in [1.54, 1.807) is 48.5 Å². The van der Waals surface area contributed by atoms with Crippen LogP contribution in [0.5, 0.6) is 5.75 Å². The second-order valence-electron chi connectivity index (χ2n) is 20.3. The molecule has 73 heavy (non-hydrogen) atoms. The number of nitriles is 1. The number of phenols is 1. The molecule has 4 fully saturated rings. The second kappa shape index (κ2) is 22.5. The number of β-amino-alcohol motifs (C(OH)–C–C–N with tert-alkyl or cyclic N) is 1. The molecule has 2 aromatic carbocycles. The Labute approximate surface area is 423 Å². The van der Waals surface area contributed by atoms with Gasteiger partial charge in [-0.2, -0.15) is 10.4 Å². The number of nitrogens with zero attached hydrogens (tertiary/aromatic N) is 9. The Hall–Kier alpha value is -6.93. The third-order valence-corrected chi connectivity index (χ3v) is 14.9. The molecular weight excluding hydrogens is 937 g/mol. The molecule has 2 amide bonds. The Balaban J connectivity index is 0.703. The van der Waals surface area contributed by atoms with Gasteiger partial charge in [-0.15, -0.1) is 10.2 Å². The van der Waals surface area contributed by atoms with Crippen molar-refractivity contribution >= 4 is 23.5 Å². The maximum Gasteiger partial charge on any atom is 0.271 e. The summed E-state index contributed by atoms with van der Waals surface area (Å²) in [5, 5.41) is 49.8. The Bertz CT molecular complexity index is 2820. The number of aliphatic hydroxyl groups excluding tert-OH is 1. The summed E-state index contributed by atoms with van der Waals surface area (Å²) in [4.78, 5) is 34.0. The van der Waals surface area contributed by atoms with Crippen LogP contribution in [0.15, 0.2) is 77.6 Å². The number of nitrogens with two attached hydrogens (primary N) is 1. The first-order valence-electron chi connectivity index (χ1n) is 25.3. The molecule has 0 bridgehead atoms. The molecule has 1 aliphatic carbocycles. The molecule has 3 aromatic heterocycles. The molecule has 5 N–H and O–H groups in total. The van der Waals surface area contributed by atoms with E-state index >= 15 is 0 Å². The van der Waals surface area contributed by atoms with Gasteiger partial charge in [-0.1, -0.05) is 55.1 Å². The van der Waals surface area contributed by atoms with Gasteiger partial charge in [0.15, 0.2) is 23.4 Å². The zero-order chi connectivity index (χ0) is 51.3. The molecule has 3 saturated heterocycles. The number of halogens is 2. The van der Waals surface area contributed by atoms with Crippen LogP contribution in [0.2, 0.25) is 0 Å². The normalized spacial score (nSPS) is 22.1. The van der Waals surface area contributed by atoms with Crippen LogP contribution in [-0.2, 0) is 14.3 Å². The van der Waals surface area contributed by atoms with Gasteiger partial charge < -0.3 is 45.2 Å². The van der Waals surface area contributed by atoms with Crippen molar-refractivity contribution in [1.29, 1.82) is 5.26 Å². The Morgan fingerprint density at radius 2 is 1.70 bits per heavy atom. The van der Waals surface area contributed by atoms with Crippen LogP contribution in [0, 0.1) is 40.9 Å². The lowest BCUT2D eigenvalue weighted by Crippen LogP contribution is -2.48. The van der Waals surface area contributed by atoms with Crippen molar-refractivity contribution in [2.45, 2.75) is 114 Å². The smallest absolute Gasteiger partial charge is 0.271 e. The number of nitrogen functional groups attached to an aromatic ring is 1. The highest BCUT2D eigenvalue weighted by Crippen LogP contribution is 2.37. The second-order valence-corrected chi connectivity index (χ2v) is 20.3. The van der Waals surface area contributed by atoms with Crippen molar-refractivity contribution in [2.75, 3.05) is 49.9 Å². The Morgan fingerprint density at radius 1 is 0.959 bits per heavy atom. The predicted molar refractivity (Wildman–Crippen MR) is 268 cm³/mol. The highest BCUT2D eigenvalue weighted by molar-refractivity contribution is 5.91. The average Bonchev–Trinajstić information content (AvgIpc) is 4.15. The first-order chi connectivity index (χ1) is 35.2. The van der Waals surface area contributed by atoms with E-state index in [9.17, 15) is 28.6 Å². The molecule has 0 radical (unpaired) electrons. The van der Waals surface area contributed by atoms with Gasteiger partial charge in [0, 0.05) is 80.6 Å². The lowest BCUT2D eigenvalue weighted by molar-refractivity contribution is -0.141. The van der Waals surface area contributed by atoms with Gasteiger partial charge in [0.2, 0.25) is 11.8 Å². The summed E-state index contributed by atoms with van der Waals surface area (Å²) in [6, 6.07) is 16.6. The molecule has 4 aliphatic rings. The van der Waals surface area contributed by atoms with Crippen LogP contribution < -0.4 is 16.0 Å². The summed E-state index contributed by atoms with van der Waals surface area (Å²) < 4.78 is 42.2. The van der Waals surface area contributed by atoms with E-state index < -0.39 is 30.5 Å². The minimum Gasteiger partial charge on any atom is -0.507 e. The van der Waals surface area contributed by atoms with Gasteiger partial charge in [-0.25, -0.2) is 8.78 Å². The van der Waals surface area contributed by atoms with Crippen molar-refractivity contribution in [3.05, 3.63) is 89.9 Å². The SMILES string of the molecule is CC(C)[C@@H](C(=O)N1C[C@H](O)C[C@H]1C(=O)N[C@@H](C)c1ccc(C#N)cc1)c1cc(N2CCC(CN3CCC(OC4CC(C#C[C@H](C(F)F)n5cc(-c6cc(-c7ccccc7O)nnc6N)cn5)C4)CC3)CC2)no1. The number of aromatic hydroxyl groups is 1. The molecule has 0 unspecified atom stereocenters. The first kappa shape index (κ1) is 51.0. The van der Waals surface area contributed by atoms with Crippen LogP contribution in [-0.4, -0.2) is 127 Å². The minimum absolute atomic E-state index is 0.0261. The van der Waals surface area contributed by atoms with Gasteiger partial charge in [-0.05, 0) is 93.2 Å². The number of likely N-dealkylation sites (tertiary alicyclic amines) is 2. The number of amides is 2. The highest BCUT2D eigenvalue weighted by atomic mass is 19.3. The first-order valence-corrected chi connectivity index (χ1v) is 25.3. The van der Waals surface area contributed by atoms with Gasteiger partial charge >= 0.3 is 0 Å². The number of hydrogen-bond donors (Lipinski definition) is 4. The molecule has 1 saturated carbocycles. The third kappa shape index (κ3) is 11.8. The van der Waals surface area contributed by atoms with Crippen LogP contribution in [0.4, 0.5) is 20.4 Å². The molecule has 5 aromatic rings. The van der Waals surface area contributed by atoms with Crippen LogP contribution in [0.3, 0.4) is 0 Å². The van der Waals surface area contributed by atoms with Crippen molar-refractivity contribution in [1.82, 2.24) is 40.3 Å². The molecule has 19 heteroatoms. The standard InChI is InChI=1S/C54H63F2N11O6/c1-32(2)50(54(71)66-31-39(68)24-46(66)53(70)60-33(3)37-11-8-34(27-57)9-12-37)48-26-49(63-73-48)65-20-14-35(15-21-65)29-64-18-16-40(17-19-64)72-41-22-36(23-41)10-13-45(51(55)56)67-30-38(28-59-67)43-25-44(61-62-52(43)58)42-6-4-5-7-47(42)69/h4-9,11-12,25-26,28,30,32-33,35-36,39-41,45-46,50-51,68-69H,14-24,29,31H2,1-3H3,(H2,58,62)(H,60,70)/t33-,36?,39+,41?,45+,46-,50+/m0/s1. The number of aliphatic hydroxyl groups is 1. The number of anilines is 2. The van der Waals surface area contributed by atoms with Crippen LogP contribution >= 0.6 is 0 Å². The van der Waals surface area contributed by atoms with Gasteiger partial charge in [0.1, 0.15) is 17.7 Å². The lowest BCUT2D eigenvalue weighted by atomic mass is 9.82. The number of carbonyl (C=O) groups is 2. The zero-order valence-corrected chi connectivity index (χ0v) is 41.4. The number of hydrogen-bond acceptors (Lipinski definition) is 14. The lowest BCUT2D eigenvalue weighted by Gasteiger charge is -2.40. The molecule has 5 atom stereocenters. The van der Waals surface area contributed by atoms with E-state index in [0.29, 0.717) is 58.3 Å². The summed E-state index contributed by atoms with van der Waals surface area (Å²) in [5.41, 5.74) is 9.24. The average molecular weight is 1000 g/mol. The summed E-state index contributed by atoms with van der Waals surface area (Å²) in [7, 11) is 0. The Kier molecular flexibility index (Phi) is 15.7. The summed E-state index contributed by atoms with van der Waals surface area (Å²) in [6.45, 7) is 10.3. The minimum atomic E-state index is -2.77. The summed E-state index contributed by atoms with van der Waals surface area (Å²) in [6.07, 6.45) is 4.91. The summed E-state index contributed by atoms with van der Waals surface area (Å²) >= 11 is 0. The fourth-order valence-corrected chi connectivity index (χ4v) is 10.6. The molecule has 6 heterocycles. The van der Waals surface area contributed by atoms with E-state index in [2.05, 4.69) is 53.5 Å². The molecule has 17 nitrogen and oxygen atoms in total. The van der Waals surface area contributed by atoms with Gasteiger partial charge in [0.05, 0.1) is 47.9 Å². The number of benzene rings is 2. The van der Waals surface area contributed by atoms with Gasteiger partial charge in [0.25, 0.3) is 6.43 Å². The predicted octanol–water partition coefficient (Wildman–Crippen LogP) is 6.72. The van der Waals surface area contributed by atoms with Crippen LogP contribution in [0.25, 0.3) is 22.4 Å². The topological polar surface area (TPSA) is 225 Å². The number of carbonyl (C=O) groups excluding carboxylic acids is 2. The van der Waals surface area contributed by atoms with Crippen molar-refractivity contribution < 1.29 is 37.8 Å². The number of piperidine rings is 2. The molecule has 9 rings (SSSR count). The third-order valence-electron chi connectivity index (χ3n) is 14.9. The zero-order valence-electron chi connectivity index (χ0n) is 41.4. The number of alkyl halides is 2. The van der Waals surface area contributed by atoms with Crippen LogP contribution in [0.1, 0.15) is 101 Å². The molecule has 3 aliphatic heterocycles. The van der Waals surface area contributed by atoms with E-state index in [0.717, 1.165) is 68.7 Å². The highest BCUT2D eigenvalue weighted by Gasteiger charge is 2.44. The van der Waals surface area contributed by atoms with Gasteiger partial charge in [-0.3, -0.25) is 14.3 Å². The molecule has 0 spiro atoms. The number of phenolic OH excluding ortho intramolecular Hbond substituents is 1. The Morgan fingerprint density at radius 3 is 2.40 bits per heavy atom. The van der Waals surface area contributed by atoms with E-state index in [1.807, 2.05) is 26.8 Å². The number of aromatic nitrogens is 5. The number of para-hydroxylation sites is 1. The maximum atomic E-state index is 14.3. The number of rotatable bonds is 15. The number of nitrogens with one attached hydrogen (secondary N) is 1. The maximum absolute atomic E-state index is 14.3. The van der Waals surface area contributed by atoms with Crippen molar-refractivity contribution in [3.8, 4) is 46.0 Å². The fourth-order valence-electron chi connectivity index (χ4n) is 10.6. The van der Waals surface area contributed by atoms with Crippen molar-refractivity contribution in [3.63, 3.8) is 0 Å². The fraction of sp³-hybridized carbons (Fsp3) is 0.500. The monoisotopic (exact) mass is 999 g/mol. The van der Waals surface area contributed by atoms with E-state index in [1.165, 1.54) is 23.4 Å². The van der Waals surface area contributed by atoms with E-state index in [-0.39, 0.29) is 66.4 Å². The summed E-state index contributed by atoms with van der Waals surface area (Å²) in [5.74, 6) is 6.10. The van der Waals surface area contributed by atoms with Crippen molar-refractivity contribution in [2.24, 2.45) is 17.8 Å². The van der Waals surface area contributed by atoms with E-state index in [4.69, 9.17) is 20.3 Å². The quantitative estimate of drug-likeness (QED) is 0.0800. The molecular formula is C54H63F2N11O6.